The maximum Gasteiger partial charge on any atom is 0.126 e. The molecule has 96 valence electrons. The van der Waals surface area contributed by atoms with Crippen LogP contribution in [0.4, 0.5) is 0 Å². The summed E-state index contributed by atoms with van der Waals surface area (Å²) < 4.78 is 5.35. The zero-order valence-corrected chi connectivity index (χ0v) is 11.4. The third kappa shape index (κ3) is 3.03. The van der Waals surface area contributed by atoms with Crippen LogP contribution in [0, 0.1) is 0 Å². The van der Waals surface area contributed by atoms with E-state index in [9.17, 15) is 0 Å². The molecule has 18 heavy (non-hydrogen) atoms. The van der Waals surface area contributed by atoms with E-state index in [2.05, 4.69) is 30.3 Å². The van der Waals surface area contributed by atoms with Gasteiger partial charge < -0.3 is 10.5 Å². The fourth-order valence-corrected chi connectivity index (χ4v) is 1.85. The van der Waals surface area contributed by atoms with Gasteiger partial charge in [-0.25, -0.2) is 0 Å². The predicted molar refractivity (Wildman–Crippen MR) is 78.3 cm³/mol. The highest BCUT2D eigenvalue weighted by Crippen LogP contribution is 2.29. The van der Waals surface area contributed by atoms with Crippen LogP contribution in [0.5, 0.6) is 5.75 Å². The van der Waals surface area contributed by atoms with E-state index in [0.717, 1.165) is 22.4 Å². The second kappa shape index (κ2) is 6.43. The molecule has 2 aromatic carbocycles. The fourth-order valence-electron chi connectivity index (χ4n) is 1.85. The van der Waals surface area contributed by atoms with Gasteiger partial charge in [-0.1, -0.05) is 42.5 Å². The first-order chi connectivity index (χ1) is 8.22. The van der Waals surface area contributed by atoms with Gasteiger partial charge in [-0.15, -0.1) is 12.4 Å². The van der Waals surface area contributed by atoms with Crippen LogP contribution in [-0.2, 0) is 0 Å². The zero-order valence-electron chi connectivity index (χ0n) is 10.6. The average Bonchev–Trinajstić information content (AvgIpc) is 2.39. The lowest BCUT2D eigenvalue weighted by molar-refractivity contribution is 0.416. The van der Waals surface area contributed by atoms with Crippen molar-refractivity contribution >= 4 is 12.4 Å². The molecule has 0 aliphatic heterocycles. The Balaban J connectivity index is 0.00000162. The topological polar surface area (TPSA) is 35.2 Å². The lowest BCUT2D eigenvalue weighted by atomic mass is 10.0. The third-order valence-electron chi connectivity index (χ3n) is 2.85. The summed E-state index contributed by atoms with van der Waals surface area (Å²) in [6.45, 7) is 1.98. The van der Waals surface area contributed by atoms with Crippen molar-refractivity contribution < 1.29 is 4.74 Å². The van der Waals surface area contributed by atoms with E-state index in [1.54, 1.807) is 7.11 Å². The van der Waals surface area contributed by atoms with Gasteiger partial charge in [0.2, 0.25) is 0 Å². The van der Waals surface area contributed by atoms with Crippen LogP contribution in [-0.4, -0.2) is 7.11 Å². The number of halogens is 1. The fraction of sp³-hybridized carbons (Fsp3) is 0.200. The van der Waals surface area contributed by atoms with Crippen LogP contribution in [0.2, 0.25) is 0 Å². The molecule has 0 unspecified atom stereocenters. The molecule has 0 heterocycles. The quantitative estimate of drug-likeness (QED) is 0.914. The van der Waals surface area contributed by atoms with Gasteiger partial charge >= 0.3 is 0 Å². The van der Waals surface area contributed by atoms with Crippen LogP contribution in [0.25, 0.3) is 11.1 Å². The monoisotopic (exact) mass is 263 g/mol. The Morgan fingerprint density at radius 2 is 1.61 bits per heavy atom. The van der Waals surface area contributed by atoms with Gasteiger partial charge in [0.05, 0.1) is 7.11 Å². The van der Waals surface area contributed by atoms with Crippen molar-refractivity contribution in [3.05, 3.63) is 54.1 Å². The largest absolute Gasteiger partial charge is 0.496 e. The first-order valence-corrected chi connectivity index (χ1v) is 5.71. The van der Waals surface area contributed by atoms with Crippen LogP contribution in [0.1, 0.15) is 18.5 Å². The molecule has 0 saturated carbocycles. The van der Waals surface area contributed by atoms with E-state index in [-0.39, 0.29) is 18.4 Å². The summed E-state index contributed by atoms with van der Waals surface area (Å²) in [6.07, 6.45) is 0. The molecular formula is C15H18ClNO. The first kappa shape index (κ1) is 14.6. The smallest absolute Gasteiger partial charge is 0.126 e. The molecule has 2 rings (SSSR count). The Morgan fingerprint density at radius 1 is 1.00 bits per heavy atom. The Hall–Kier alpha value is -1.51. The number of benzene rings is 2. The highest BCUT2D eigenvalue weighted by atomic mass is 35.5. The summed E-state index contributed by atoms with van der Waals surface area (Å²) in [5.74, 6) is 0.890. The lowest BCUT2D eigenvalue weighted by Crippen LogP contribution is -2.04. The van der Waals surface area contributed by atoms with Crippen molar-refractivity contribution in [2.24, 2.45) is 5.73 Å². The zero-order chi connectivity index (χ0) is 12.3. The summed E-state index contributed by atoms with van der Waals surface area (Å²) in [5, 5.41) is 0. The number of nitrogens with two attached hydrogens (primary N) is 1. The number of ether oxygens (including phenoxy) is 1. The molecule has 2 nitrogen and oxygen atoms in total. The maximum atomic E-state index is 5.83. The van der Waals surface area contributed by atoms with Crippen molar-refractivity contribution in [3.63, 3.8) is 0 Å². The molecule has 0 aromatic heterocycles. The summed E-state index contributed by atoms with van der Waals surface area (Å²) >= 11 is 0. The molecule has 0 radical (unpaired) electrons. The van der Waals surface area contributed by atoms with E-state index in [1.807, 2.05) is 25.1 Å². The van der Waals surface area contributed by atoms with Crippen LogP contribution < -0.4 is 10.5 Å². The Morgan fingerprint density at radius 3 is 2.17 bits per heavy atom. The van der Waals surface area contributed by atoms with E-state index in [1.165, 1.54) is 0 Å². The van der Waals surface area contributed by atoms with Gasteiger partial charge in [0.15, 0.2) is 0 Å². The number of hydrogen-bond donors (Lipinski definition) is 1. The molecule has 0 bridgehead atoms. The maximum absolute atomic E-state index is 5.83. The van der Waals surface area contributed by atoms with Gasteiger partial charge in [0.25, 0.3) is 0 Å². The standard InChI is InChI=1S/C15H17NO.ClH/c1-11(16)12-7-9-13(10-8-12)14-5-3-4-6-15(14)17-2;/h3-11H,16H2,1-2H3;1H/t11-;/m0./s1. The summed E-state index contributed by atoms with van der Waals surface area (Å²) in [7, 11) is 1.69. The number of para-hydroxylation sites is 1. The van der Waals surface area contributed by atoms with Crippen LogP contribution in [0.3, 0.4) is 0 Å². The third-order valence-corrected chi connectivity index (χ3v) is 2.85. The highest BCUT2D eigenvalue weighted by Gasteiger charge is 2.05. The Bertz CT molecular complexity index is 494. The van der Waals surface area contributed by atoms with Gasteiger partial charge in [0.1, 0.15) is 5.75 Å². The Kier molecular flexibility index (Phi) is 5.20. The SMILES string of the molecule is COc1ccccc1-c1ccc([C@H](C)N)cc1.Cl. The first-order valence-electron chi connectivity index (χ1n) is 5.71. The lowest BCUT2D eigenvalue weighted by Gasteiger charge is -2.10. The van der Waals surface area contributed by atoms with Gasteiger partial charge in [-0.3, -0.25) is 0 Å². The van der Waals surface area contributed by atoms with Crippen LogP contribution in [0.15, 0.2) is 48.5 Å². The van der Waals surface area contributed by atoms with Crippen molar-refractivity contribution in [1.29, 1.82) is 0 Å². The molecule has 0 fully saturated rings. The second-order valence-corrected chi connectivity index (χ2v) is 4.11. The van der Waals surface area contributed by atoms with E-state index >= 15 is 0 Å². The Labute approximate surface area is 114 Å². The molecule has 2 aromatic rings. The predicted octanol–water partition coefficient (Wildman–Crippen LogP) is 3.80. The summed E-state index contributed by atoms with van der Waals surface area (Å²) in [6, 6.07) is 16.4. The molecule has 0 saturated heterocycles. The molecule has 0 spiro atoms. The average molecular weight is 264 g/mol. The minimum absolute atomic E-state index is 0. The van der Waals surface area contributed by atoms with Crippen LogP contribution >= 0.6 is 12.4 Å². The number of rotatable bonds is 3. The molecule has 1 atom stereocenters. The summed E-state index contributed by atoms with van der Waals surface area (Å²) in [4.78, 5) is 0. The van der Waals surface area contributed by atoms with Crippen molar-refractivity contribution in [3.8, 4) is 16.9 Å². The van der Waals surface area contributed by atoms with E-state index in [4.69, 9.17) is 10.5 Å². The second-order valence-electron chi connectivity index (χ2n) is 4.11. The molecule has 0 amide bonds. The van der Waals surface area contributed by atoms with Gasteiger partial charge in [-0.05, 0) is 24.1 Å². The van der Waals surface area contributed by atoms with Crippen molar-refractivity contribution in [2.75, 3.05) is 7.11 Å². The number of hydrogen-bond acceptors (Lipinski definition) is 2. The van der Waals surface area contributed by atoms with E-state index in [0.29, 0.717) is 0 Å². The minimum atomic E-state index is 0. The minimum Gasteiger partial charge on any atom is -0.496 e. The summed E-state index contributed by atoms with van der Waals surface area (Å²) in [5.41, 5.74) is 9.22. The molecule has 0 aliphatic rings. The molecule has 2 N–H and O–H groups in total. The highest BCUT2D eigenvalue weighted by molar-refractivity contribution is 5.85. The van der Waals surface area contributed by atoms with Crippen molar-refractivity contribution in [1.82, 2.24) is 0 Å². The molecular weight excluding hydrogens is 246 g/mol. The van der Waals surface area contributed by atoms with Gasteiger partial charge in [-0.2, -0.15) is 0 Å². The molecule has 0 aliphatic carbocycles. The molecule has 3 heteroatoms. The normalized spacial score (nSPS) is 11.5. The van der Waals surface area contributed by atoms with E-state index < -0.39 is 0 Å². The van der Waals surface area contributed by atoms with Gasteiger partial charge in [0, 0.05) is 11.6 Å². The van der Waals surface area contributed by atoms with Crippen molar-refractivity contribution in [2.45, 2.75) is 13.0 Å². The number of methoxy groups -OCH3 is 1.